The van der Waals surface area contributed by atoms with Gasteiger partial charge in [-0.25, -0.2) is 4.98 Å². The third-order valence-electron chi connectivity index (χ3n) is 5.30. The Morgan fingerprint density at radius 1 is 1.15 bits per heavy atom. The molecule has 3 atom stereocenters. The molecule has 1 aromatic carbocycles. The summed E-state index contributed by atoms with van der Waals surface area (Å²) in [4.78, 5) is 16.8. The topological polar surface area (TPSA) is 80.3 Å². The van der Waals surface area contributed by atoms with E-state index in [2.05, 4.69) is 15.6 Å². The number of aromatic nitrogens is 1. The number of hydrogen-bond donors (Lipinski definition) is 2. The summed E-state index contributed by atoms with van der Waals surface area (Å²) in [5, 5.41) is 6.63. The third-order valence-corrected chi connectivity index (χ3v) is 5.30. The molecule has 6 nitrogen and oxygen atoms in total. The monoisotopic (exact) mass is 349 g/mol. The van der Waals surface area contributed by atoms with Crippen LogP contribution >= 0.6 is 0 Å². The summed E-state index contributed by atoms with van der Waals surface area (Å²) >= 11 is 0. The van der Waals surface area contributed by atoms with Crippen LogP contribution in [-0.4, -0.2) is 29.0 Å². The molecule has 0 radical (unpaired) electrons. The van der Waals surface area contributed by atoms with Crippen molar-refractivity contribution < 1.29 is 13.6 Å². The van der Waals surface area contributed by atoms with Gasteiger partial charge in [0.15, 0.2) is 5.76 Å². The Morgan fingerprint density at radius 3 is 2.77 bits per heavy atom. The number of nitrogens with zero attached hydrogens (tertiary/aromatic N) is 1. The van der Waals surface area contributed by atoms with Gasteiger partial charge in [0.1, 0.15) is 12.0 Å². The minimum Gasteiger partial charge on any atom is -0.451 e. The summed E-state index contributed by atoms with van der Waals surface area (Å²) in [7, 11) is 0. The molecule has 4 heterocycles. The molecule has 2 aromatic heterocycles. The second kappa shape index (κ2) is 6.14. The van der Waals surface area contributed by atoms with Gasteiger partial charge in [-0.1, -0.05) is 18.2 Å². The van der Waals surface area contributed by atoms with Crippen LogP contribution in [0.3, 0.4) is 0 Å². The van der Waals surface area contributed by atoms with Crippen molar-refractivity contribution in [2.75, 3.05) is 0 Å². The summed E-state index contributed by atoms with van der Waals surface area (Å²) in [6, 6.07) is 12.4. The number of fused-ring (bicyclic) bond motifs is 2. The number of oxazole rings is 1. The van der Waals surface area contributed by atoms with Gasteiger partial charge in [-0.15, -0.1) is 0 Å². The fourth-order valence-corrected chi connectivity index (χ4v) is 4.07. The minimum atomic E-state index is -0.163. The van der Waals surface area contributed by atoms with Crippen molar-refractivity contribution in [2.45, 2.75) is 37.4 Å². The van der Waals surface area contributed by atoms with Gasteiger partial charge in [-0.05, 0) is 37.5 Å². The normalized spacial score (nSPS) is 24.1. The predicted molar refractivity (Wildman–Crippen MR) is 95.5 cm³/mol. The Labute approximate surface area is 150 Å². The summed E-state index contributed by atoms with van der Waals surface area (Å²) in [6.07, 6.45) is 6.48. The van der Waals surface area contributed by atoms with Crippen LogP contribution in [0.15, 0.2) is 57.7 Å². The zero-order valence-corrected chi connectivity index (χ0v) is 14.1. The van der Waals surface area contributed by atoms with Crippen molar-refractivity contribution in [3.8, 4) is 22.8 Å². The van der Waals surface area contributed by atoms with Crippen LogP contribution in [0.25, 0.3) is 22.8 Å². The SMILES string of the molecule is O=C(N[C@@H]1C[C@H]2CC[C@@H]1N2)c1ccc(-c2ccccc2-c2ncco2)o1. The Kier molecular flexibility index (Phi) is 3.64. The molecule has 2 aliphatic rings. The first-order valence-electron chi connectivity index (χ1n) is 8.94. The standard InChI is InChI=1S/C20H19N3O3/c24-19(23-16-11-12-5-6-15(16)22-12)18-8-7-17(26-18)13-3-1-2-4-14(13)20-21-9-10-25-20/h1-4,7-10,12,15-16,22H,5-6,11H2,(H,23,24)/t12-,15+,16-/m1/s1. The average Bonchev–Trinajstić information content (AvgIpc) is 3.46. The maximum Gasteiger partial charge on any atom is 0.287 e. The molecule has 26 heavy (non-hydrogen) atoms. The molecule has 0 spiro atoms. The van der Waals surface area contributed by atoms with Gasteiger partial charge < -0.3 is 19.5 Å². The molecule has 3 aromatic rings. The summed E-state index contributed by atoms with van der Waals surface area (Å²) in [5.41, 5.74) is 1.67. The fourth-order valence-electron chi connectivity index (χ4n) is 4.07. The number of rotatable bonds is 4. The Morgan fingerprint density at radius 2 is 2.04 bits per heavy atom. The van der Waals surface area contributed by atoms with Gasteiger partial charge in [-0.3, -0.25) is 4.79 Å². The fraction of sp³-hybridized carbons (Fsp3) is 0.300. The van der Waals surface area contributed by atoms with E-state index in [0.29, 0.717) is 29.5 Å². The molecule has 2 bridgehead atoms. The molecule has 0 aliphatic carbocycles. The Hall–Kier alpha value is -2.86. The van der Waals surface area contributed by atoms with Gasteiger partial charge in [0.2, 0.25) is 5.89 Å². The van der Waals surface area contributed by atoms with Gasteiger partial charge in [0.05, 0.1) is 6.20 Å². The van der Waals surface area contributed by atoms with E-state index >= 15 is 0 Å². The summed E-state index contributed by atoms with van der Waals surface area (Å²) in [6.45, 7) is 0. The molecule has 132 valence electrons. The molecular weight excluding hydrogens is 330 g/mol. The van der Waals surface area contributed by atoms with Crippen molar-refractivity contribution in [3.05, 3.63) is 54.6 Å². The molecule has 0 saturated carbocycles. The van der Waals surface area contributed by atoms with E-state index in [4.69, 9.17) is 8.83 Å². The molecule has 2 aliphatic heterocycles. The van der Waals surface area contributed by atoms with Crippen molar-refractivity contribution in [2.24, 2.45) is 0 Å². The molecule has 2 fully saturated rings. The van der Waals surface area contributed by atoms with E-state index in [1.165, 1.54) is 12.7 Å². The number of nitrogens with one attached hydrogen (secondary N) is 2. The van der Waals surface area contributed by atoms with Crippen LogP contribution in [0, 0.1) is 0 Å². The number of carbonyl (C=O) groups excluding carboxylic acids is 1. The first-order valence-corrected chi connectivity index (χ1v) is 8.94. The quantitative estimate of drug-likeness (QED) is 0.756. The van der Waals surface area contributed by atoms with E-state index in [9.17, 15) is 4.79 Å². The minimum absolute atomic E-state index is 0.163. The largest absolute Gasteiger partial charge is 0.451 e. The van der Waals surface area contributed by atoms with Crippen LogP contribution in [0.4, 0.5) is 0 Å². The van der Waals surface area contributed by atoms with Crippen molar-refractivity contribution in [1.29, 1.82) is 0 Å². The highest BCUT2D eigenvalue weighted by molar-refractivity contribution is 5.92. The van der Waals surface area contributed by atoms with E-state index < -0.39 is 0 Å². The third kappa shape index (κ3) is 2.63. The molecule has 0 unspecified atom stereocenters. The zero-order chi connectivity index (χ0) is 17.5. The predicted octanol–water partition coefficient (Wildman–Crippen LogP) is 3.22. The first-order chi connectivity index (χ1) is 12.8. The van der Waals surface area contributed by atoms with E-state index in [0.717, 1.165) is 24.0 Å². The van der Waals surface area contributed by atoms with Gasteiger partial charge in [0, 0.05) is 29.3 Å². The van der Waals surface area contributed by atoms with Crippen molar-refractivity contribution in [1.82, 2.24) is 15.6 Å². The highest BCUT2D eigenvalue weighted by atomic mass is 16.4. The summed E-state index contributed by atoms with van der Waals surface area (Å²) < 4.78 is 11.3. The highest BCUT2D eigenvalue weighted by Crippen LogP contribution is 2.32. The number of amides is 1. The Balaban J connectivity index is 1.38. The lowest BCUT2D eigenvalue weighted by Crippen LogP contribution is -2.42. The number of carbonyl (C=O) groups is 1. The lowest BCUT2D eigenvalue weighted by molar-refractivity contribution is 0.0903. The molecule has 5 rings (SSSR count). The Bertz CT molecular complexity index is 931. The highest BCUT2D eigenvalue weighted by Gasteiger charge is 2.40. The first kappa shape index (κ1) is 15.4. The molecule has 6 heteroatoms. The van der Waals surface area contributed by atoms with E-state index in [1.807, 2.05) is 30.3 Å². The number of hydrogen-bond acceptors (Lipinski definition) is 5. The average molecular weight is 349 g/mol. The van der Waals surface area contributed by atoms with Crippen LogP contribution in [0.1, 0.15) is 29.8 Å². The van der Waals surface area contributed by atoms with Crippen LogP contribution in [0.5, 0.6) is 0 Å². The van der Waals surface area contributed by atoms with Crippen LogP contribution < -0.4 is 10.6 Å². The molecule has 1 amide bonds. The maximum absolute atomic E-state index is 12.6. The van der Waals surface area contributed by atoms with E-state index in [1.54, 1.807) is 12.3 Å². The molecule has 2 saturated heterocycles. The second-order valence-electron chi connectivity index (χ2n) is 6.91. The smallest absolute Gasteiger partial charge is 0.287 e. The van der Waals surface area contributed by atoms with Crippen LogP contribution in [0.2, 0.25) is 0 Å². The van der Waals surface area contributed by atoms with Crippen LogP contribution in [-0.2, 0) is 0 Å². The van der Waals surface area contributed by atoms with Crippen molar-refractivity contribution in [3.63, 3.8) is 0 Å². The molecular formula is C20H19N3O3. The lowest BCUT2D eigenvalue weighted by Gasteiger charge is -2.20. The van der Waals surface area contributed by atoms with Gasteiger partial charge >= 0.3 is 0 Å². The lowest BCUT2D eigenvalue weighted by atomic mass is 9.95. The summed E-state index contributed by atoms with van der Waals surface area (Å²) in [5.74, 6) is 1.31. The zero-order valence-electron chi connectivity index (χ0n) is 14.1. The maximum atomic E-state index is 12.6. The number of benzene rings is 1. The van der Waals surface area contributed by atoms with Crippen molar-refractivity contribution >= 4 is 5.91 Å². The van der Waals surface area contributed by atoms with Gasteiger partial charge in [0.25, 0.3) is 5.91 Å². The molecule has 2 N–H and O–H groups in total. The number of furan rings is 1. The van der Waals surface area contributed by atoms with E-state index in [-0.39, 0.29) is 11.9 Å². The van der Waals surface area contributed by atoms with Gasteiger partial charge in [-0.2, -0.15) is 0 Å². The second-order valence-corrected chi connectivity index (χ2v) is 6.91.